The lowest BCUT2D eigenvalue weighted by Crippen LogP contribution is -2.29. The Bertz CT molecular complexity index is 426. The molecule has 0 heterocycles. The number of carboxylic acid groups (broad SMARTS) is 1. The molecule has 0 atom stereocenters. The molecule has 0 aliphatic carbocycles. The van der Waals surface area contributed by atoms with Gasteiger partial charge in [-0.1, -0.05) is 11.6 Å². The summed E-state index contributed by atoms with van der Waals surface area (Å²) in [5, 5.41) is 12.1. The average Bonchev–Trinajstić information content (AvgIpc) is 2.20. The van der Waals surface area contributed by atoms with Crippen LogP contribution in [0.3, 0.4) is 0 Å². The second-order valence-corrected chi connectivity index (χ2v) is 4.86. The molecule has 0 aliphatic heterocycles. The molecule has 1 aromatic carbocycles. The second-order valence-electron chi connectivity index (χ2n) is 4.42. The third kappa shape index (κ3) is 4.07. The fourth-order valence-electron chi connectivity index (χ4n) is 1.22. The number of nitrogens with one attached hydrogen (secondary N) is 1. The number of amides is 1. The van der Waals surface area contributed by atoms with Crippen molar-refractivity contribution in [3.05, 3.63) is 29.3 Å². The van der Waals surface area contributed by atoms with Crippen LogP contribution in [-0.4, -0.2) is 17.0 Å². The molecule has 1 rings (SSSR count). The van der Waals surface area contributed by atoms with E-state index in [4.69, 9.17) is 16.7 Å². The van der Waals surface area contributed by atoms with E-state index in [-0.39, 0.29) is 12.3 Å². The molecule has 0 aliphatic rings. The number of rotatable bonds is 4. The van der Waals surface area contributed by atoms with Gasteiger partial charge in [0.25, 0.3) is 0 Å². The maximum Gasteiger partial charge on any atom is 0.309 e. The van der Waals surface area contributed by atoms with E-state index >= 15 is 0 Å². The van der Waals surface area contributed by atoms with Gasteiger partial charge in [-0.2, -0.15) is 0 Å². The summed E-state index contributed by atoms with van der Waals surface area (Å²) in [7, 11) is 0. The van der Waals surface area contributed by atoms with Gasteiger partial charge in [-0.05, 0) is 38.1 Å². The molecular weight excluding hydrogens is 242 g/mol. The highest BCUT2D eigenvalue weighted by molar-refractivity contribution is 6.30. The maximum absolute atomic E-state index is 11.6. The lowest BCUT2D eigenvalue weighted by molar-refractivity contribution is -0.148. The van der Waals surface area contributed by atoms with E-state index in [1.54, 1.807) is 24.3 Å². The third-order valence-corrected chi connectivity index (χ3v) is 2.56. The average molecular weight is 256 g/mol. The number of hydrogen-bond acceptors (Lipinski definition) is 2. The topological polar surface area (TPSA) is 66.4 Å². The Morgan fingerprint density at radius 3 is 2.29 bits per heavy atom. The Hall–Kier alpha value is -1.55. The van der Waals surface area contributed by atoms with Crippen molar-refractivity contribution < 1.29 is 14.7 Å². The van der Waals surface area contributed by atoms with Crippen LogP contribution in [-0.2, 0) is 9.59 Å². The van der Waals surface area contributed by atoms with Crippen molar-refractivity contribution in [3.63, 3.8) is 0 Å². The summed E-state index contributed by atoms with van der Waals surface area (Å²) in [6.45, 7) is 3.02. The number of halogens is 1. The molecule has 4 nitrogen and oxygen atoms in total. The summed E-state index contributed by atoms with van der Waals surface area (Å²) in [6.07, 6.45) is -0.0784. The van der Waals surface area contributed by atoms with Crippen LogP contribution in [0.5, 0.6) is 0 Å². The number of carbonyl (C=O) groups is 2. The molecule has 92 valence electrons. The van der Waals surface area contributed by atoms with Crippen LogP contribution < -0.4 is 5.32 Å². The molecule has 0 fully saturated rings. The highest BCUT2D eigenvalue weighted by atomic mass is 35.5. The monoisotopic (exact) mass is 255 g/mol. The number of carboxylic acids is 1. The van der Waals surface area contributed by atoms with Gasteiger partial charge in [0.05, 0.1) is 5.41 Å². The van der Waals surface area contributed by atoms with Crippen molar-refractivity contribution in [3.8, 4) is 0 Å². The van der Waals surface area contributed by atoms with Crippen LogP contribution >= 0.6 is 11.6 Å². The fourth-order valence-corrected chi connectivity index (χ4v) is 1.34. The van der Waals surface area contributed by atoms with E-state index < -0.39 is 11.4 Å². The fraction of sp³-hybridized carbons (Fsp3) is 0.333. The van der Waals surface area contributed by atoms with E-state index in [2.05, 4.69) is 5.32 Å². The van der Waals surface area contributed by atoms with Gasteiger partial charge in [-0.3, -0.25) is 9.59 Å². The van der Waals surface area contributed by atoms with E-state index in [1.165, 1.54) is 13.8 Å². The number of benzene rings is 1. The molecule has 5 heteroatoms. The standard InChI is InChI=1S/C12H14ClNO3/c1-12(2,11(16)17)7-10(15)14-9-5-3-8(13)4-6-9/h3-6H,7H2,1-2H3,(H,14,15)(H,16,17). The minimum atomic E-state index is -1.07. The van der Waals surface area contributed by atoms with Gasteiger partial charge in [0.2, 0.25) is 5.91 Å². The zero-order chi connectivity index (χ0) is 13.1. The van der Waals surface area contributed by atoms with Gasteiger partial charge >= 0.3 is 5.97 Å². The van der Waals surface area contributed by atoms with Crippen molar-refractivity contribution >= 4 is 29.2 Å². The Kier molecular flexibility index (Phi) is 4.12. The second kappa shape index (κ2) is 5.19. The lowest BCUT2D eigenvalue weighted by Gasteiger charge is -2.18. The van der Waals surface area contributed by atoms with Gasteiger partial charge in [0, 0.05) is 17.1 Å². The molecule has 1 aromatic rings. The highest BCUT2D eigenvalue weighted by Gasteiger charge is 2.30. The Labute approximate surface area is 105 Å². The molecule has 0 saturated heterocycles. The summed E-state index contributed by atoms with van der Waals surface area (Å²) in [5.41, 5.74) is -0.475. The van der Waals surface area contributed by atoms with Gasteiger partial charge in [0.15, 0.2) is 0 Å². The third-order valence-electron chi connectivity index (χ3n) is 2.31. The lowest BCUT2D eigenvalue weighted by atomic mass is 9.89. The number of hydrogen-bond donors (Lipinski definition) is 2. The van der Waals surface area contributed by atoms with Gasteiger partial charge < -0.3 is 10.4 Å². The molecule has 0 spiro atoms. The minimum absolute atomic E-state index is 0.0784. The largest absolute Gasteiger partial charge is 0.481 e. The summed E-state index contributed by atoms with van der Waals surface area (Å²) in [6, 6.07) is 6.63. The Morgan fingerprint density at radius 2 is 1.82 bits per heavy atom. The molecule has 0 bridgehead atoms. The maximum atomic E-state index is 11.6. The van der Waals surface area contributed by atoms with E-state index in [1.807, 2.05) is 0 Å². The van der Waals surface area contributed by atoms with Crippen LogP contribution in [0.1, 0.15) is 20.3 Å². The SMILES string of the molecule is CC(C)(CC(=O)Nc1ccc(Cl)cc1)C(=O)O. The van der Waals surface area contributed by atoms with Crippen molar-refractivity contribution in [2.24, 2.45) is 5.41 Å². The highest BCUT2D eigenvalue weighted by Crippen LogP contribution is 2.21. The number of aliphatic carboxylic acids is 1. The van der Waals surface area contributed by atoms with Crippen LogP contribution in [0.15, 0.2) is 24.3 Å². The first-order valence-electron chi connectivity index (χ1n) is 5.10. The predicted molar refractivity (Wildman–Crippen MR) is 66.1 cm³/mol. The van der Waals surface area contributed by atoms with Crippen LogP contribution in [0.25, 0.3) is 0 Å². The van der Waals surface area contributed by atoms with E-state index in [0.29, 0.717) is 10.7 Å². The predicted octanol–water partition coefficient (Wildman–Crippen LogP) is 2.78. The Balaban J connectivity index is 2.62. The molecule has 0 saturated carbocycles. The van der Waals surface area contributed by atoms with Crippen LogP contribution in [0, 0.1) is 5.41 Å². The molecule has 0 radical (unpaired) electrons. The van der Waals surface area contributed by atoms with Crippen molar-refractivity contribution in [2.75, 3.05) is 5.32 Å². The van der Waals surface area contributed by atoms with Gasteiger partial charge in [-0.25, -0.2) is 0 Å². The molecule has 2 N–H and O–H groups in total. The first-order chi connectivity index (χ1) is 7.81. The minimum Gasteiger partial charge on any atom is -0.481 e. The summed E-state index contributed by atoms with van der Waals surface area (Å²) < 4.78 is 0. The van der Waals surface area contributed by atoms with Gasteiger partial charge in [0.1, 0.15) is 0 Å². The molecule has 1 amide bonds. The zero-order valence-electron chi connectivity index (χ0n) is 9.66. The zero-order valence-corrected chi connectivity index (χ0v) is 10.4. The van der Waals surface area contributed by atoms with E-state index in [9.17, 15) is 9.59 Å². The summed E-state index contributed by atoms with van der Waals surface area (Å²) in [4.78, 5) is 22.5. The van der Waals surface area contributed by atoms with Crippen molar-refractivity contribution in [1.82, 2.24) is 0 Å². The van der Waals surface area contributed by atoms with E-state index in [0.717, 1.165) is 0 Å². The van der Waals surface area contributed by atoms with Crippen LogP contribution in [0.2, 0.25) is 5.02 Å². The smallest absolute Gasteiger partial charge is 0.309 e. The quantitative estimate of drug-likeness (QED) is 0.869. The number of carbonyl (C=O) groups excluding carboxylic acids is 1. The van der Waals surface area contributed by atoms with Crippen LogP contribution in [0.4, 0.5) is 5.69 Å². The molecule has 17 heavy (non-hydrogen) atoms. The first kappa shape index (κ1) is 13.5. The molecule has 0 unspecified atom stereocenters. The van der Waals surface area contributed by atoms with Gasteiger partial charge in [-0.15, -0.1) is 0 Å². The summed E-state index contributed by atoms with van der Waals surface area (Å²) >= 11 is 5.71. The normalized spacial score (nSPS) is 11.0. The first-order valence-corrected chi connectivity index (χ1v) is 5.48. The Morgan fingerprint density at radius 1 is 1.29 bits per heavy atom. The summed E-state index contributed by atoms with van der Waals surface area (Å²) in [5.74, 6) is -1.33. The number of anilines is 1. The van der Waals surface area contributed by atoms with Crippen molar-refractivity contribution in [2.45, 2.75) is 20.3 Å². The molecular formula is C12H14ClNO3. The van der Waals surface area contributed by atoms with Crippen molar-refractivity contribution in [1.29, 1.82) is 0 Å². The molecule has 0 aromatic heterocycles.